The quantitative estimate of drug-likeness (QED) is 0.126. The Morgan fingerprint density at radius 1 is 0.909 bits per heavy atom. The zero-order valence-electron chi connectivity index (χ0n) is 18.5. The maximum Gasteiger partial charge on any atom is 0.328 e. The lowest BCUT2D eigenvalue weighted by atomic mass is 10.2. The van der Waals surface area contributed by atoms with Crippen molar-refractivity contribution in [1.82, 2.24) is 15.5 Å². The molecule has 1 rings (SSSR count). The monoisotopic (exact) mass is 473 g/mol. The third-order valence-electron chi connectivity index (χ3n) is 4.31. The number of carboxylic acids is 1. The third-order valence-corrected chi connectivity index (χ3v) is 4.31. The summed E-state index contributed by atoms with van der Waals surface area (Å²) in [6.07, 6.45) is 1.09. The van der Waals surface area contributed by atoms with Crippen LogP contribution in [-0.4, -0.2) is 110 Å². The first-order chi connectivity index (χ1) is 15.7. The fraction of sp³-hybridized carbons (Fsp3) is 0.650. The van der Waals surface area contributed by atoms with Crippen molar-refractivity contribution in [2.75, 3.05) is 52.7 Å². The van der Waals surface area contributed by atoms with E-state index in [4.69, 9.17) is 19.3 Å². The van der Waals surface area contributed by atoms with Crippen molar-refractivity contribution in [1.29, 1.82) is 0 Å². The summed E-state index contributed by atoms with van der Waals surface area (Å²) >= 11 is 0. The Kier molecular flexibility index (Phi) is 13.5. The van der Waals surface area contributed by atoms with Crippen molar-refractivity contribution in [2.24, 2.45) is 0 Å². The molecule has 0 aromatic heterocycles. The van der Waals surface area contributed by atoms with E-state index in [2.05, 4.69) is 10.6 Å². The molecule has 1 aliphatic rings. The Morgan fingerprint density at radius 2 is 1.45 bits per heavy atom. The van der Waals surface area contributed by atoms with Gasteiger partial charge >= 0.3 is 5.97 Å². The van der Waals surface area contributed by atoms with E-state index >= 15 is 0 Å². The van der Waals surface area contributed by atoms with Crippen LogP contribution in [0.25, 0.3) is 0 Å². The van der Waals surface area contributed by atoms with E-state index in [0.717, 1.165) is 4.90 Å². The molecule has 0 aromatic rings. The summed E-state index contributed by atoms with van der Waals surface area (Å²) in [5.41, 5.74) is 0. The van der Waals surface area contributed by atoms with E-state index in [1.807, 2.05) is 0 Å². The van der Waals surface area contributed by atoms with Crippen LogP contribution in [0.5, 0.6) is 0 Å². The summed E-state index contributed by atoms with van der Waals surface area (Å²) in [7, 11) is 0. The van der Waals surface area contributed by atoms with E-state index in [9.17, 15) is 29.1 Å². The number of carbonyl (C=O) groups excluding carboxylic acids is 4. The summed E-state index contributed by atoms with van der Waals surface area (Å²) in [5, 5.41) is 23.0. The molecule has 1 aliphatic heterocycles. The molecule has 0 aromatic carbocycles. The van der Waals surface area contributed by atoms with Gasteiger partial charge in [0.2, 0.25) is 11.8 Å². The van der Waals surface area contributed by atoms with E-state index in [1.165, 1.54) is 19.1 Å². The van der Waals surface area contributed by atoms with Crippen LogP contribution in [-0.2, 0) is 38.2 Å². The van der Waals surface area contributed by atoms with Crippen molar-refractivity contribution in [3.05, 3.63) is 12.2 Å². The maximum atomic E-state index is 11.7. The van der Waals surface area contributed by atoms with Gasteiger partial charge in [0, 0.05) is 38.1 Å². The highest BCUT2D eigenvalue weighted by molar-refractivity contribution is 6.13. The van der Waals surface area contributed by atoms with Gasteiger partial charge in [-0.15, -0.1) is 0 Å². The van der Waals surface area contributed by atoms with E-state index in [-0.39, 0.29) is 58.3 Å². The van der Waals surface area contributed by atoms with Gasteiger partial charge in [-0.05, 0) is 6.92 Å². The normalized spacial score (nSPS) is 14.9. The van der Waals surface area contributed by atoms with Crippen molar-refractivity contribution >= 4 is 29.6 Å². The molecule has 0 spiro atoms. The fourth-order valence-electron chi connectivity index (χ4n) is 2.56. The zero-order valence-corrected chi connectivity index (χ0v) is 18.5. The molecule has 186 valence electrons. The molecule has 2 atom stereocenters. The molecule has 0 saturated heterocycles. The molecule has 13 nitrogen and oxygen atoms in total. The predicted molar refractivity (Wildman–Crippen MR) is 112 cm³/mol. The van der Waals surface area contributed by atoms with Crippen LogP contribution < -0.4 is 10.6 Å². The maximum absolute atomic E-state index is 11.7. The molecule has 0 aliphatic carbocycles. The molecule has 1 heterocycles. The Bertz CT molecular complexity index is 692. The Balaban J connectivity index is 1.90. The minimum Gasteiger partial charge on any atom is -0.480 e. The molecule has 13 heteroatoms. The van der Waals surface area contributed by atoms with Crippen LogP contribution in [0.2, 0.25) is 0 Å². The first-order valence-corrected chi connectivity index (χ1v) is 10.5. The van der Waals surface area contributed by atoms with E-state index < -0.39 is 35.8 Å². The summed E-state index contributed by atoms with van der Waals surface area (Å²) in [6, 6.07) is -1.36. The number of nitrogens with one attached hydrogen (secondary N) is 2. The first kappa shape index (κ1) is 28.2. The molecule has 0 radical (unpaired) electrons. The molecular weight excluding hydrogens is 442 g/mol. The standard InChI is InChI=1S/C20H31N3O10/c1-14(24)19(20(29)30)22-16(26)5-8-31-10-12-33-13-11-32-9-6-21-15(25)4-7-23-17(27)2-3-18(23)28/h2-3,14,19,24H,4-13H2,1H3,(H,21,25)(H,22,26)(H,29,30). The number of carboxylic acid groups (broad SMARTS) is 1. The van der Waals surface area contributed by atoms with Crippen LogP contribution >= 0.6 is 0 Å². The van der Waals surface area contributed by atoms with Crippen LogP contribution in [0.4, 0.5) is 0 Å². The number of hydrogen-bond acceptors (Lipinski definition) is 9. The SMILES string of the molecule is CC(O)C(NC(=O)CCOCCOCCOCCNC(=O)CCN1C(=O)C=CC1=O)C(=O)O. The average Bonchev–Trinajstić information content (AvgIpc) is 3.08. The van der Waals surface area contributed by atoms with Crippen LogP contribution in [0.1, 0.15) is 19.8 Å². The second-order valence-corrected chi connectivity index (χ2v) is 6.97. The van der Waals surface area contributed by atoms with Gasteiger partial charge in [-0.1, -0.05) is 0 Å². The fourth-order valence-corrected chi connectivity index (χ4v) is 2.56. The molecule has 0 bridgehead atoms. The number of nitrogens with zero attached hydrogens (tertiary/aromatic N) is 1. The molecule has 2 unspecified atom stereocenters. The number of hydrogen-bond donors (Lipinski definition) is 4. The smallest absolute Gasteiger partial charge is 0.328 e. The molecule has 0 saturated carbocycles. The molecule has 0 fully saturated rings. The Hall–Kier alpha value is -2.87. The van der Waals surface area contributed by atoms with Gasteiger partial charge in [0.1, 0.15) is 0 Å². The van der Waals surface area contributed by atoms with Crippen LogP contribution in [0.3, 0.4) is 0 Å². The van der Waals surface area contributed by atoms with Crippen molar-refractivity contribution in [2.45, 2.75) is 31.9 Å². The van der Waals surface area contributed by atoms with Gasteiger partial charge in [-0.25, -0.2) is 4.79 Å². The van der Waals surface area contributed by atoms with Gasteiger partial charge in [0.05, 0.1) is 45.7 Å². The third kappa shape index (κ3) is 12.1. The van der Waals surface area contributed by atoms with Crippen molar-refractivity contribution < 1.29 is 48.4 Å². The van der Waals surface area contributed by atoms with Crippen LogP contribution in [0.15, 0.2) is 12.2 Å². The minimum absolute atomic E-state index is 0.0185. The second-order valence-electron chi connectivity index (χ2n) is 6.97. The van der Waals surface area contributed by atoms with E-state index in [1.54, 1.807) is 0 Å². The number of aliphatic carboxylic acids is 1. The molecular formula is C20H31N3O10. The summed E-state index contributed by atoms with van der Waals surface area (Å²) < 4.78 is 15.8. The van der Waals surface area contributed by atoms with Gasteiger partial charge in [-0.3, -0.25) is 24.1 Å². The summed E-state index contributed by atoms with van der Waals surface area (Å²) in [6.45, 7) is 3.05. The van der Waals surface area contributed by atoms with Gasteiger partial charge in [-0.2, -0.15) is 0 Å². The summed E-state index contributed by atoms with van der Waals surface area (Å²) in [5.74, 6) is -3.00. The Labute approximate surface area is 191 Å². The van der Waals surface area contributed by atoms with Crippen molar-refractivity contribution in [3.8, 4) is 0 Å². The highest BCUT2D eigenvalue weighted by Crippen LogP contribution is 2.03. The highest BCUT2D eigenvalue weighted by Gasteiger charge is 2.25. The van der Waals surface area contributed by atoms with E-state index in [0.29, 0.717) is 13.2 Å². The largest absolute Gasteiger partial charge is 0.480 e. The number of rotatable bonds is 18. The lowest BCUT2D eigenvalue weighted by Crippen LogP contribution is -2.47. The van der Waals surface area contributed by atoms with Crippen molar-refractivity contribution in [3.63, 3.8) is 0 Å². The van der Waals surface area contributed by atoms with Gasteiger partial charge in [0.25, 0.3) is 11.8 Å². The van der Waals surface area contributed by atoms with Gasteiger partial charge in [0.15, 0.2) is 6.04 Å². The number of carbonyl (C=O) groups is 5. The van der Waals surface area contributed by atoms with Crippen LogP contribution in [0, 0.1) is 0 Å². The highest BCUT2D eigenvalue weighted by atomic mass is 16.5. The molecule has 4 N–H and O–H groups in total. The average molecular weight is 473 g/mol. The number of aliphatic hydroxyl groups is 1. The number of amides is 4. The van der Waals surface area contributed by atoms with Gasteiger partial charge < -0.3 is 35.1 Å². The Morgan fingerprint density at radius 3 is 2.00 bits per heavy atom. The number of imide groups is 1. The lowest BCUT2D eigenvalue weighted by molar-refractivity contribution is -0.145. The number of aliphatic hydroxyl groups excluding tert-OH is 1. The molecule has 4 amide bonds. The minimum atomic E-state index is -1.36. The number of ether oxygens (including phenoxy) is 3. The lowest BCUT2D eigenvalue weighted by Gasteiger charge is -2.16. The topological polar surface area (TPSA) is 181 Å². The zero-order chi connectivity index (χ0) is 24.6. The second kappa shape index (κ2) is 15.9. The predicted octanol–water partition coefficient (Wildman–Crippen LogP) is -2.19. The first-order valence-electron chi connectivity index (χ1n) is 10.5. The molecule has 33 heavy (non-hydrogen) atoms. The summed E-state index contributed by atoms with van der Waals surface area (Å²) in [4.78, 5) is 57.9.